The standard InChI is InChI=1S/C8H6ClF2NO/c1-12-8(13)4-2-3-5(10)6(9)7(4)11/h2-3H,1H3,(H,12,13). The first-order chi connectivity index (χ1) is 6.07. The van der Waals surface area contributed by atoms with Gasteiger partial charge in [-0.25, -0.2) is 8.78 Å². The van der Waals surface area contributed by atoms with E-state index < -0.39 is 22.6 Å². The third-order valence-corrected chi connectivity index (χ3v) is 1.85. The summed E-state index contributed by atoms with van der Waals surface area (Å²) < 4.78 is 25.7. The molecule has 70 valence electrons. The van der Waals surface area contributed by atoms with Crippen molar-refractivity contribution in [3.05, 3.63) is 34.4 Å². The molecule has 0 saturated carbocycles. The molecular weight excluding hydrogens is 200 g/mol. The number of carbonyl (C=O) groups excluding carboxylic acids is 1. The molecule has 0 aliphatic carbocycles. The summed E-state index contributed by atoms with van der Waals surface area (Å²) in [5.41, 5.74) is -0.270. The summed E-state index contributed by atoms with van der Waals surface area (Å²) in [4.78, 5) is 11.0. The van der Waals surface area contributed by atoms with E-state index in [0.717, 1.165) is 12.1 Å². The lowest BCUT2D eigenvalue weighted by molar-refractivity contribution is 0.0959. The van der Waals surface area contributed by atoms with Crippen LogP contribution in [0.5, 0.6) is 0 Å². The molecule has 0 heterocycles. The molecular formula is C8H6ClF2NO. The second kappa shape index (κ2) is 3.70. The summed E-state index contributed by atoms with van der Waals surface area (Å²) in [6.07, 6.45) is 0. The molecule has 0 spiro atoms. The average molecular weight is 206 g/mol. The van der Waals surface area contributed by atoms with Crippen LogP contribution in [-0.4, -0.2) is 13.0 Å². The number of carbonyl (C=O) groups is 1. The largest absolute Gasteiger partial charge is 0.355 e. The number of rotatable bonds is 1. The lowest BCUT2D eigenvalue weighted by atomic mass is 10.2. The van der Waals surface area contributed by atoms with Gasteiger partial charge in [0.2, 0.25) is 0 Å². The highest BCUT2D eigenvalue weighted by atomic mass is 35.5. The third kappa shape index (κ3) is 1.78. The predicted molar refractivity (Wildman–Crippen MR) is 44.8 cm³/mol. The van der Waals surface area contributed by atoms with E-state index in [-0.39, 0.29) is 5.56 Å². The molecule has 1 N–H and O–H groups in total. The normalized spacial score (nSPS) is 9.85. The monoisotopic (exact) mass is 205 g/mol. The van der Waals surface area contributed by atoms with Gasteiger partial charge in [0.05, 0.1) is 5.56 Å². The molecule has 0 aromatic heterocycles. The van der Waals surface area contributed by atoms with Crippen LogP contribution in [0.4, 0.5) is 8.78 Å². The van der Waals surface area contributed by atoms with Crippen molar-refractivity contribution in [2.45, 2.75) is 0 Å². The van der Waals surface area contributed by atoms with E-state index in [2.05, 4.69) is 5.32 Å². The molecule has 1 rings (SSSR count). The van der Waals surface area contributed by atoms with E-state index in [0.29, 0.717) is 0 Å². The number of halogens is 3. The van der Waals surface area contributed by atoms with E-state index in [9.17, 15) is 13.6 Å². The maximum absolute atomic E-state index is 13.1. The van der Waals surface area contributed by atoms with E-state index in [1.807, 2.05) is 0 Å². The highest BCUT2D eigenvalue weighted by Gasteiger charge is 2.15. The van der Waals surface area contributed by atoms with Crippen LogP contribution < -0.4 is 5.32 Å². The van der Waals surface area contributed by atoms with Crippen LogP contribution in [-0.2, 0) is 0 Å². The Morgan fingerprint density at radius 3 is 2.62 bits per heavy atom. The molecule has 0 aliphatic heterocycles. The molecule has 1 aromatic rings. The molecule has 0 radical (unpaired) electrons. The van der Waals surface area contributed by atoms with E-state index in [1.165, 1.54) is 7.05 Å². The minimum absolute atomic E-state index is 0.270. The van der Waals surface area contributed by atoms with Gasteiger partial charge in [-0.15, -0.1) is 0 Å². The minimum atomic E-state index is -1.04. The van der Waals surface area contributed by atoms with E-state index in [1.54, 1.807) is 0 Å². The SMILES string of the molecule is CNC(=O)c1ccc(F)c(Cl)c1F. The molecule has 1 amide bonds. The summed E-state index contributed by atoms with van der Waals surface area (Å²) in [7, 11) is 1.35. The number of hydrogen-bond acceptors (Lipinski definition) is 1. The first-order valence-corrected chi connectivity index (χ1v) is 3.81. The van der Waals surface area contributed by atoms with Crippen LogP contribution >= 0.6 is 11.6 Å². The van der Waals surface area contributed by atoms with Gasteiger partial charge in [-0.05, 0) is 12.1 Å². The van der Waals surface area contributed by atoms with Crippen molar-refractivity contribution in [3.8, 4) is 0 Å². The molecule has 0 saturated heterocycles. The van der Waals surface area contributed by atoms with Gasteiger partial charge in [-0.2, -0.15) is 0 Å². The second-order valence-electron chi connectivity index (χ2n) is 2.30. The highest BCUT2D eigenvalue weighted by Crippen LogP contribution is 2.21. The predicted octanol–water partition coefficient (Wildman–Crippen LogP) is 1.98. The Kier molecular flexibility index (Phi) is 2.83. The molecule has 0 aliphatic rings. The fraction of sp³-hybridized carbons (Fsp3) is 0.125. The van der Waals surface area contributed by atoms with Crippen molar-refractivity contribution in [2.24, 2.45) is 0 Å². The number of benzene rings is 1. The van der Waals surface area contributed by atoms with Gasteiger partial charge in [0.15, 0.2) is 5.82 Å². The van der Waals surface area contributed by atoms with Gasteiger partial charge in [-0.1, -0.05) is 11.6 Å². The van der Waals surface area contributed by atoms with Gasteiger partial charge in [0, 0.05) is 7.05 Å². The first-order valence-electron chi connectivity index (χ1n) is 3.43. The molecule has 0 unspecified atom stereocenters. The molecule has 2 nitrogen and oxygen atoms in total. The van der Waals surface area contributed by atoms with Crippen LogP contribution in [0.15, 0.2) is 12.1 Å². The Balaban J connectivity index is 3.26. The lowest BCUT2D eigenvalue weighted by Crippen LogP contribution is -2.19. The topological polar surface area (TPSA) is 29.1 Å². The molecule has 1 aromatic carbocycles. The second-order valence-corrected chi connectivity index (χ2v) is 2.68. The Hall–Kier alpha value is -1.16. The molecule has 0 bridgehead atoms. The van der Waals surface area contributed by atoms with Gasteiger partial charge in [0.25, 0.3) is 5.91 Å². The highest BCUT2D eigenvalue weighted by molar-refractivity contribution is 6.31. The zero-order valence-electron chi connectivity index (χ0n) is 6.70. The summed E-state index contributed by atoms with van der Waals surface area (Å²) >= 11 is 5.25. The van der Waals surface area contributed by atoms with Gasteiger partial charge in [-0.3, -0.25) is 4.79 Å². The van der Waals surface area contributed by atoms with Crippen molar-refractivity contribution in [3.63, 3.8) is 0 Å². The zero-order chi connectivity index (χ0) is 10.0. The summed E-state index contributed by atoms with van der Waals surface area (Å²) in [6.45, 7) is 0. The summed E-state index contributed by atoms with van der Waals surface area (Å²) in [5.74, 6) is -2.56. The number of hydrogen-bond donors (Lipinski definition) is 1. The van der Waals surface area contributed by atoms with Crippen LogP contribution in [0.25, 0.3) is 0 Å². The van der Waals surface area contributed by atoms with Crippen LogP contribution in [0.3, 0.4) is 0 Å². The number of amides is 1. The zero-order valence-corrected chi connectivity index (χ0v) is 7.45. The van der Waals surface area contributed by atoms with E-state index in [4.69, 9.17) is 11.6 Å². The van der Waals surface area contributed by atoms with Crippen molar-refractivity contribution >= 4 is 17.5 Å². The molecule has 0 fully saturated rings. The first kappa shape index (κ1) is 9.92. The fourth-order valence-corrected chi connectivity index (χ4v) is 1.00. The Labute approximate surface area is 78.5 Å². The van der Waals surface area contributed by atoms with Crippen molar-refractivity contribution in [1.82, 2.24) is 5.32 Å². The maximum atomic E-state index is 13.1. The molecule has 5 heteroatoms. The van der Waals surface area contributed by atoms with Gasteiger partial charge < -0.3 is 5.32 Å². The van der Waals surface area contributed by atoms with Crippen LogP contribution in [0.2, 0.25) is 5.02 Å². The quantitative estimate of drug-likeness (QED) is 0.698. The average Bonchev–Trinajstić information content (AvgIpc) is 2.13. The smallest absolute Gasteiger partial charge is 0.254 e. The van der Waals surface area contributed by atoms with Crippen molar-refractivity contribution in [1.29, 1.82) is 0 Å². The fourth-order valence-electron chi connectivity index (χ4n) is 0.836. The molecule has 13 heavy (non-hydrogen) atoms. The lowest BCUT2D eigenvalue weighted by Gasteiger charge is -2.03. The number of nitrogens with one attached hydrogen (secondary N) is 1. The molecule has 0 atom stereocenters. The Morgan fingerprint density at radius 2 is 2.08 bits per heavy atom. The van der Waals surface area contributed by atoms with Crippen molar-refractivity contribution < 1.29 is 13.6 Å². The Bertz CT molecular complexity index is 354. The summed E-state index contributed by atoms with van der Waals surface area (Å²) in [5, 5.41) is 1.54. The van der Waals surface area contributed by atoms with Gasteiger partial charge in [0.1, 0.15) is 10.8 Å². The third-order valence-electron chi connectivity index (χ3n) is 1.51. The van der Waals surface area contributed by atoms with Crippen LogP contribution in [0.1, 0.15) is 10.4 Å². The Morgan fingerprint density at radius 1 is 1.46 bits per heavy atom. The van der Waals surface area contributed by atoms with E-state index >= 15 is 0 Å². The van der Waals surface area contributed by atoms with Crippen LogP contribution in [0, 0.1) is 11.6 Å². The minimum Gasteiger partial charge on any atom is -0.355 e. The van der Waals surface area contributed by atoms with Crippen molar-refractivity contribution in [2.75, 3.05) is 7.05 Å². The van der Waals surface area contributed by atoms with Gasteiger partial charge >= 0.3 is 0 Å². The maximum Gasteiger partial charge on any atom is 0.254 e. The summed E-state index contributed by atoms with van der Waals surface area (Å²) in [6, 6.07) is 1.98.